The summed E-state index contributed by atoms with van der Waals surface area (Å²) in [6.45, 7) is 0. The van der Waals surface area contributed by atoms with Gasteiger partial charge < -0.3 is 16.8 Å². The molecule has 0 unspecified atom stereocenters. The maximum absolute atomic E-state index is 10.7. The van der Waals surface area contributed by atoms with Crippen LogP contribution in [0.15, 0.2) is 14.8 Å². The third kappa shape index (κ3) is 7.84. The van der Waals surface area contributed by atoms with Gasteiger partial charge in [0.05, 0.1) is 5.69 Å². The van der Waals surface area contributed by atoms with Crippen LogP contribution in [0.5, 0.6) is 0 Å². The number of nitrogens with two attached hydrogens (primary N) is 3. The molecule has 12 heteroatoms. The van der Waals surface area contributed by atoms with Crippen LogP contribution in [0.25, 0.3) is 0 Å². The minimum atomic E-state index is -3.91. The van der Waals surface area contributed by atoms with Gasteiger partial charge in [-0.15, -0.1) is 15.7 Å². The first-order valence-electron chi connectivity index (χ1n) is 5.68. The van der Waals surface area contributed by atoms with Crippen LogP contribution in [0.4, 0.5) is 5.13 Å². The molecule has 0 spiro atoms. The summed E-state index contributed by atoms with van der Waals surface area (Å²) in [4.78, 5) is 8.10. The van der Waals surface area contributed by atoms with Crippen molar-refractivity contribution in [1.82, 2.24) is 4.98 Å². The number of nitrogens with zero attached hydrogens (tertiary/aromatic N) is 3. The van der Waals surface area contributed by atoms with Crippen molar-refractivity contribution in [2.24, 2.45) is 26.0 Å². The lowest BCUT2D eigenvalue weighted by molar-refractivity contribution is 0.599. The summed E-state index contributed by atoms with van der Waals surface area (Å²) >= 11 is 2.98. The smallest absolute Gasteiger partial charge is 0.318 e. The molecule has 0 amide bonds. The number of hydrogen-bond donors (Lipinski definition) is 4. The van der Waals surface area contributed by atoms with E-state index in [0.717, 1.165) is 5.69 Å². The zero-order valence-electron chi connectivity index (χ0n) is 11.3. The Kier molecular flexibility index (Phi) is 6.87. The fourth-order valence-corrected chi connectivity index (χ4v) is 3.25. The third-order valence-electron chi connectivity index (χ3n) is 2.02. The van der Waals surface area contributed by atoms with Gasteiger partial charge in [0.2, 0.25) is 0 Å². The highest BCUT2D eigenvalue weighted by Crippen LogP contribution is 2.19. The van der Waals surface area contributed by atoms with Crippen LogP contribution in [-0.4, -0.2) is 38.0 Å². The molecule has 118 valence electrons. The van der Waals surface area contributed by atoms with Crippen LogP contribution in [-0.2, 0) is 16.0 Å². The van der Waals surface area contributed by atoms with Crippen molar-refractivity contribution >= 4 is 50.2 Å². The average molecular weight is 351 g/mol. The average Bonchev–Trinajstić information content (AvgIpc) is 2.80. The quantitative estimate of drug-likeness (QED) is 0.297. The number of nitrogens with one attached hydrogen (secondary N) is 1. The van der Waals surface area contributed by atoms with E-state index in [2.05, 4.69) is 19.7 Å². The van der Waals surface area contributed by atoms with Gasteiger partial charge in [0.15, 0.2) is 11.1 Å². The molecule has 9 nitrogen and oxygen atoms in total. The summed E-state index contributed by atoms with van der Waals surface area (Å²) in [6.07, 6.45) is 0.339. The van der Waals surface area contributed by atoms with Gasteiger partial charge in [0.25, 0.3) is 0 Å². The first kappa shape index (κ1) is 17.7. The number of aromatic nitrogens is 1. The molecule has 0 saturated heterocycles. The Morgan fingerprint density at radius 2 is 2.24 bits per heavy atom. The molecule has 0 atom stereocenters. The molecule has 0 bridgehead atoms. The number of anilines is 1. The van der Waals surface area contributed by atoms with Crippen molar-refractivity contribution in [1.29, 1.82) is 0 Å². The third-order valence-corrected chi connectivity index (χ3v) is 4.31. The largest absolute Gasteiger partial charge is 0.386 e. The second kappa shape index (κ2) is 8.17. The minimum absolute atomic E-state index is 0.00226. The van der Waals surface area contributed by atoms with Crippen LogP contribution < -0.4 is 21.9 Å². The van der Waals surface area contributed by atoms with E-state index in [-0.39, 0.29) is 5.84 Å². The van der Waals surface area contributed by atoms with Gasteiger partial charge in [0.1, 0.15) is 5.84 Å². The summed E-state index contributed by atoms with van der Waals surface area (Å²) < 4.78 is 24.5. The van der Waals surface area contributed by atoms with Gasteiger partial charge in [-0.2, -0.15) is 20.2 Å². The SMILES string of the molecule is CN=C(N)Nc1nc(CSCCC(N)=NS(N)(=O)=O)cs1. The maximum Gasteiger partial charge on any atom is 0.318 e. The van der Waals surface area contributed by atoms with Crippen LogP contribution in [0, 0.1) is 0 Å². The Morgan fingerprint density at radius 3 is 2.86 bits per heavy atom. The highest BCUT2D eigenvalue weighted by molar-refractivity contribution is 7.98. The van der Waals surface area contributed by atoms with E-state index in [1.807, 2.05) is 5.38 Å². The molecule has 1 aromatic heterocycles. The second-order valence-electron chi connectivity index (χ2n) is 3.78. The number of amidine groups is 1. The first-order valence-corrected chi connectivity index (χ1v) is 9.22. The Morgan fingerprint density at radius 1 is 1.52 bits per heavy atom. The molecule has 0 saturated carbocycles. The molecular formula is C9H17N7O2S3. The number of rotatable bonds is 7. The number of thioether (sulfide) groups is 1. The van der Waals surface area contributed by atoms with Gasteiger partial charge in [-0.3, -0.25) is 4.99 Å². The summed E-state index contributed by atoms with van der Waals surface area (Å²) in [5.74, 6) is 1.58. The predicted molar refractivity (Wildman–Crippen MR) is 88.8 cm³/mol. The van der Waals surface area contributed by atoms with Crippen molar-refractivity contribution < 1.29 is 8.42 Å². The van der Waals surface area contributed by atoms with E-state index >= 15 is 0 Å². The Hall–Kier alpha value is -1.37. The standard InChI is InChI=1S/C9H17N7O2S3/c1-13-8(11)15-9-14-6(5-20-9)4-19-3-2-7(10)16-21(12,17)18/h5H,2-4H2,1H3,(H2,10,16)(H2,12,17,18)(H3,11,13,14,15). The van der Waals surface area contributed by atoms with Crippen LogP contribution >= 0.6 is 23.1 Å². The van der Waals surface area contributed by atoms with Gasteiger partial charge in [-0.05, 0) is 0 Å². The van der Waals surface area contributed by atoms with Crippen LogP contribution in [0.1, 0.15) is 12.1 Å². The number of guanidine groups is 1. The summed E-state index contributed by atoms with van der Waals surface area (Å²) in [5, 5.41) is 10.2. The van der Waals surface area contributed by atoms with Gasteiger partial charge in [-0.25, -0.2) is 10.1 Å². The molecule has 0 radical (unpaired) electrons. The molecule has 0 aliphatic rings. The molecule has 0 aliphatic heterocycles. The summed E-state index contributed by atoms with van der Waals surface area (Å²) in [5.41, 5.74) is 11.9. The summed E-state index contributed by atoms with van der Waals surface area (Å²) in [7, 11) is -2.33. The van der Waals surface area contributed by atoms with Crippen molar-refractivity contribution in [3.63, 3.8) is 0 Å². The van der Waals surface area contributed by atoms with E-state index in [0.29, 0.717) is 29.0 Å². The van der Waals surface area contributed by atoms with Crippen molar-refractivity contribution in [2.45, 2.75) is 12.2 Å². The highest BCUT2D eigenvalue weighted by Gasteiger charge is 2.04. The zero-order chi connectivity index (χ0) is 15.9. The molecule has 0 aliphatic carbocycles. The molecule has 0 aromatic carbocycles. The molecule has 7 N–H and O–H groups in total. The van der Waals surface area contributed by atoms with Gasteiger partial charge in [-0.1, -0.05) is 0 Å². The Balaban J connectivity index is 2.35. The van der Waals surface area contributed by atoms with Crippen LogP contribution in [0.2, 0.25) is 0 Å². The predicted octanol–water partition coefficient (Wildman–Crippen LogP) is -0.316. The number of hydrogen-bond acceptors (Lipinski definition) is 6. The molecular weight excluding hydrogens is 334 g/mol. The van der Waals surface area contributed by atoms with Crippen molar-refractivity contribution in [2.75, 3.05) is 18.1 Å². The molecule has 1 heterocycles. The van der Waals surface area contributed by atoms with Crippen LogP contribution in [0.3, 0.4) is 0 Å². The first-order chi connectivity index (χ1) is 9.80. The Bertz CT molecular complexity index is 623. The summed E-state index contributed by atoms with van der Waals surface area (Å²) in [6, 6.07) is 0. The topological polar surface area (TPSA) is 162 Å². The van der Waals surface area contributed by atoms with E-state index in [9.17, 15) is 8.42 Å². The maximum atomic E-state index is 10.7. The van der Waals surface area contributed by atoms with Crippen molar-refractivity contribution in [3.8, 4) is 0 Å². The Labute approximate surface area is 131 Å². The minimum Gasteiger partial charge on any atom is -0.386 e. The van der Waals surface area contributed by atoms with Gasteiger partial charge in [0, 0.05) is 30.4 Å². The van der Waals surface area contributed by atoms with E-state index in [1.54, 1.807) is 18.8 Å². The molecule has 1 aromatic rings. The monoisotopic (exact) mass is 351 g/mol. The van der Waals surface area contributed by atoms with Crippen molar-refractivity contribution in [3.05, 3.63) is 11.1 Å². The van der Waals surface area contributed by atoms with Gasteiger partial charge >= 0.3 is 10.2 Å². The van der Waals surface area contributed by atoms with E-state index in [1.165, 1.54) is 11.3 Å². The zero-order valence-corrected chi connectivity index (χ0v) is 13.8. The molecule has 1 rings (SSSR count). The molecule has 21 heavy (non-hydrogen) atoms. The van der Waals surface area contributed by atoms with E-state index < -0.39 is 10.2 Å². The van der Waals surface area contributed by atoms with E-state index in [4.69, 9.17) is 16.6 Å². The fraction of sp³-hybridized carbons (Fsp3) is 0.444. The highest BCUT2D eigenvalue weighted by atomic mass is 32.2. The second-order valence-corrected chi connectivity index (χ2v) is 6.95. The lowest BCUT2D eigenvalue weighted by Gasteiger charge is -2.00. The lowest BCUT2D eigenvalue weighted by atomic mass is 10.5. The normalized spacial score (nSPS) is 13.4. The number of aliphatic imine (C=N–C) groups is 1. The molecule has 0 fully saturated rings. The lowest BCUT2D eigenvalue weighted by Crippen LogP contribution is -2.21. The number of thiazole rings is 1. The fourth-order valence-electron chi connectivity index (χ4n) is 1.16.